The molecule has 0 spiro atoms. The number of methoxy groups -OCH3 is 1. The van der Waals surface area contributed by atoms with Crippen LogP contribution in [-0.4, -0.2) is 54.5 Å². The van der Waals surface area contributed by atoms with Crippen LogP contribution in [0.5, 0.6) is 5.75 Å². The summed E-state index contributed by atoms with van der Waals surface area (Å²) in [5.41, 5.74) is 3.83. The van der Waals surface area contributed by atoms with Gasteiger partial charge in [0.1, 0.15) is 5.75 Å². The molecule has 1 N–H and O–H groups in total. The van der Waals surface area contributed by atoms with Gasteiger partial charge in [-0.05, 0) is 43.9 Å². The van der Waals surface area contributed by atoms with Crippen molar-refractivity contribution in [2.24, 2.45) is 5.10 Å². The molecular weight excluding hydrogens is 422 g/mol. The summed E-state index contributed by atoms with van der Waals surface area (Å²) in [7, 11) is 1.64. The number of hydrogen-bond acceptors (Lipinski definition) is 8. The minimum atomic E-state index is 0.462. The van der Waals surface area contributed by atoms with Crippen LogP contribution in [0.15, 0.2) is 27.8 Å². The maximum atomic E-state index is 5.38. The lowest BCUT2D eigenvalue weighted by molar-refractivity contribution is 0.414. The lowest BCUT2D eigenvalue weighted by Gasteiger charge is -2.20. The number of hydrogen-bond donors (Lipinski definition) is 1. The van der Waals surface area contributed by atoms with E-state index in [4.69, 9.17) is 9.72 Å². The van der Waals surface area contributed by atoms with E-state index in [0.29, 0.717) is 5.95 Å². The first kappa shape index (κ1) is 18.9. The Morgan fingerprint density at radius 3 is 2.18 bits per heavy atom. The standard InChI is InChI=1S/C19H24BrN7O/c1-28-16-7-6-15(20)12-14(16)13-21-25-17-22-18(26-8-2-3-9-26)24-19(23-17)27-10-4-5-11-27/h6-7,12-13H,2-5,8-11H2,1H3,(H,22,23,24,25)/b21-13+. The largest absolute Gasteiger partial charge is 0.496 e. The molecule has 2 aliphatic heterocycles. The number of nitrogens with one attached hydrogen (secondary N) is 1. The number of hydrazone groups is 1. The molecule has 1 aromatic heterocycles. The SMILES string of the molecule is COc1ccc(Br)cc1/C=N/Nc1nc(N2CCCC2)nc(N2CCCC2)n1. The van der Waals surface area contributed by atoms with Gasteiger partial charge in [-0.2, -0.15) is 20.1 Å². The average Bonchev–Trinajstić information content (AvgIpc) is 3.42. The third-order valence-corrected chi connectivity index (χ3v) is 5.44. The van der Waals surface area contributed by atoms with Gasteiger partial charge in [-0.1, -0.05) is 15.9 Å². The smallest absolute Gasteiger partial charge is 0.250 e. The summed E-state index contributed by atoms with van der Waals surface area (Å²) in [6, 6.07) is 5.77. The summed E-state index contributed by atoms with van der Waals surface area (Å²) in [6.07, 6.45) is 6.41. The number of aromatic nitrogens is 3. The van der Waals surface area contributed by atoms with Gasteiger partial charge in [0.2, 0.25) is 17.8 Å². The van der Waals surface area contributed by atoms with E-state index in [1.807, 2.05) is 18.2 Å². The van der Waals surface area contributed by atoms with Crippen molar-refractivity contribution in [2.45, 2.75) is 25.7 Å². The first-order valence-electron chi connectivity index (χ1n) is 9.61. The molecule has 2 aromatic rings. The molecule has 0 amide bonds. The highest BCUT2D eigenvalue weighted by atomic mass is 79.9. The van der Waals surface area contributed by atoms with Crippen molar-refractivity contribution in [1.29, 1.82) is 0 Å². The zero-order chi connectivity index (χ0) is 19.3. The van der Waals surface area contributed by atoms with Gasteiger partial charge in [0.15, 0.2) is 0 Å². The normalized spacial score (nSPS) is 16.9. The lowest BCUT2D eigenvalue weighted by atomic mass is 10.2. The molecule has 9 heteroatoms. The van der Waals surface area contributed by atoms with Gasteiger partial charge in [-0.15, -0.1) is 0 Å². The van der Waals surface area contributed by atoms with Crippen LogP contribution in [0, 0.1) is 0 Å². The summed E-state index contributed by atoms with van der Waals surface area (Å²) in [4.78, 5) is 18.3. The van der Waals surface area contributed by atoms with Gasteiger partial charge in [0, 0.05) is 36.2 Å². The highest BCUT2D eigenvalue weighted by Gasteiger charge is 2.21. The van der Waals surface area contributed by atoms with Gasteiger partial charge in [-0.25, -0.2) is 5.43 Å². The van der Waals surface area contributed by atoms with Crippen LogP contribution >= 0.6 is 15.9 Å². The van der Waals surface area contributed by atoms with Crippen LogP contribution in [0.2, 0.25) is 0 Å². The molecule has 28 heavy (non-hydrogen) atoms. The van der Waals surface area contributed by atoms with Crippen LogP contribution in [-0.2, 0) is 0 Å². The van der Waals surface area contributed by atoms with Gasteiger partial charge in [0.25, 0.3) is 0 Å². The fourth-order valence-electron chi connectivity index (χ4n) is 3.49. The Hall–Kier alpha value is -2.42. The molecule has 0 bridgehead atoms. The Balaban J connectivity index is 1.57. The van der Waals surface area contributed by atoms with Crippen molar-refractivity contribution < 1.29 is 4.74 Å². The molecule has 1 aromatic carbocycles. The monoisotopic (exact) mass is 445 g/mol. The first-order chi connectivity index (χ1) is 13.7. The Labute approximate surface area is 173 Å². The van der Waals surface area contributed by atoms with Gasteiger partial charge in [-0.3, -0.25) is 0 Å². The second-order valence-electron chi connectivity index (χ2n) is 6.90. The van der Waals surface area contributed by atoms with E-state index in [0.717, 1.165) is 53.9 Å². The van der Waals surface area contributed by atoms with E-state index in [2.05, 4.69) is 46.2 Å². The quantitative estimate of drug-likeness (QED) is 0.539. The molecule has 2 fully saturated rings. The zero-order valence-corrected chi connectivity index (χ0v) is 17.5. The Morgan fingerprint density at radius 2 is 1.61 bits per heavy atom. The fraction of sp³-hybridized carbons (Fsp3) is 0.474. The summed E-state index contributed by atoms with van der Waals surface area (Å²) in [6.45, 7) is 3.95. The minimum absolute atomic E-state index is 0.462. The summed E-state index contributed by atoms with van der Waals surface area (Å²) < 4.78 is 6.34. The van der Waals surface area contributed by atoms with E-state index >= 15 is 0 Å². The van der Waals surface area contributed by atoms with E-state index in [1.165, 1.54) is 25.7 Å². The Morgan fingerprint density at radius 1 is 1.00 bits per heavy atom. The van der Waals surface area contributed by atoms with Crippen LogP contribution < -0.4 is 20.0 Å². The van der Waals surface area contributed by atoms with E-state index in [-0.39, 0.29) is 0 Å². The zero-order valence-electron chi connectivity index (χ0n) is 15.9. The van der Waals surface area contributed by atoms with Crippen molar-refractivity contribution in [3.8, 4) is 5.75 Å². The van der Waals surface area contributed by atoms with Crippen LogP contribution in [0.1, 0.15) is 31.2 Å². The molecule has 8 nitrogen and oxygen atoms in total. The lowest BCUT2D eigenvalue weighted by Crippen LogP contribution is -2.25. The summed E-state index contributed by atoms with van der Waals surface area (Å²) in [5.74, 6) is 2.67. The van der Waals surface area contributed by atoms with Crippen molar-refractivity contribution in [3.63, 3.8) is 0 Å². The Bertz CT molecular complexity index is 814. The molecule has 0 saturated carbocycles. The van der Waals surface area contributed by atoms with Gasteiger partial charge < -0.3 is 14.5 Å². The maximum absolute atomic E-state index is 5.38. The molecule has 0 atom stereocenters. The second-order valence-corrected chi connectivity index (χ2v) is 7.82. The number of ether oxygens (including phenoxy) is 1. The maximum Gasteiger partial charge on any atom is 0.250 e. The number of halogens is 1. The predicted octanol–water partition coefficient (Wildman–Crippen LogP) is 3.29. The fourth-order valence-corrected chi connectivity index (χ4v) is 3.87. The number of anilines is 3. The summed E-state index contributed by atoms with van der Waals surface area (Å²) in [5, 5.41) is 4.33. The second kappa shape index (κ2) is 8.72. The van der Waals surface area contributed by atoms with Crippen LogP contribution in [0.3, 0.4) is 0 Å². The van der Waals surface area contributed by atoms with E-state index < -0.39 is 0 Å². The average molecular weight is 446 g/mol. The van der Waals surface area contributed by atoms with Crippen molar-refractivity contribution in [2.75, 3.05) is 48.5 Å². The molecule has 148 valence electrons. The number of benzene rings is 1. The Kier molecular flexibility index (Phi) is 5.90. The third-order valence-electron chi connectivity index (χ3n) is 4.95. The molecule has 3 heterocycles. The topological polar surface area (TPSA) is 78.8 Å². The molecule has 0 unspecified atom stereocenters. The predicted molar refractivity (Wildman–Crippen MR) is 115 cm³/mol. The van der Waals surface area contributed by atoms with Crippen LogP contribution in [0.25, 0.3) is 0 Å². The molecule has 2 saturated heterocycles. The molecule has 2 aliphatic rings. The van der Waals surface area contributed by atoms with Crippen molar-refractivity contribution >= 4 is 40.0 Å². The van der Waals surface area contributed by atoms with Crippen molar-refractivity contribution in [3.05, 3.63) is 28.2 Å². The molecular formula is C19H24BrN7O. The molecule has 0 aliphatic carbocycles. The van der Waals surface area contributed by atoms with Gasteiger partial charge >= 0.3 is 0 Å². The summed E-state index contributed by atoms with van der Waals surface area (Å²) >= 11 is 3.48. The minimum Gasteiger partial charge on any atom is -0.496 e. The number of nitrogens with zero attached hydrogens (tertiary/aromatic N) is 6. The molecule has 0 radical (unpaired) electrons. The van der Waals surface area contributed by atoms with Crippen LogP contribution in [0.4, 0.5) is 17.8 Å². The van der Waals surface area contributed by atoms with Crippen molar-refractivity contribution in [1.82, 2.24) is 15.0 Å². The van der Waals surface area contributed by atoms with Gasteiger partial charge in [0.05, 0.1) is 13.3 Å². The molecule has 4 rings (SSSR count). The number of rotatable bonds is 6. The highest BCUT2D eigenvalue weighted by Crippen LogP contribution is 2.23. The third kappa shape index (κ3) is 4.35. The first-order valence-corrected chi connectivity index (χ1v) is 10.4. The van der Waals surface area contributed by atoms with E-state index in [1.54, 1.807) is 13.3 Å². The highest BCUT2D eigenvalue weighted by molar-refractivity contribution is 9.10. The van der Waals surface area contributed by atoms with E-state index in [9.17, 15) is 0 Å².